The molecule has 38 heavy (non-hydrogen) atoms. The van der Waals surface area contributed by atoms with Gasteiger partial charge in [0.1, 0.15) is 23.5 Å². The third-order valence-corrected chi connectivity index (χ3v) is 7.06. The summed E-state index contributed by atoms with van der Waals surface area (Å²) < 4.78 is 0. The number of piperidine rings is 1. The SMILES string of the molecule is Cc1nc(Nc2cc(-c3nc(N[C@H]4CCNC[C@@H]4C)c4c(C5=CC=C5)cncc4n3)ccn2)ccc1C#N. The van der Waals surface area contributed by atoms with Crippen LogP contribution in [0.1, 0.15) is 30.2 Å². The van der Waals surface area contributed by atoms with E-state index in [-0.39, 0.29) is 0 Å². The number of hydrogen-bond donors (Lipinski definition) is 3. The van der Waals surface area contributed by atoms with Gasteiger partial charge in [0, 0.05) is 29.6 Å². The van der Waals surface area contributed by atoms with E-state index in [4.69, 9.17) is 9.97 Å². The van der Waals surface area contributed by atoms with Gasteiger partial charge in [-0.15, -0.1) is 0 Å². The van der Waals surface area contributed by atoms with Crippen molar-refractivity contribution in [3.05, 3.63) is 77.9 Å². The van der Waals surface area contributed by atoms with Crippen LogP contribution in [0.4, 0.5) is 17.5 Å². The molecule has 0 aromatic carbocycles. The highest BCUT2D eigenvalue weighted by Gasteiger charge is 2.24. The molecule has 188 valence electrons. The fourth-order valence-electron chi connectivity index (χ4n) is 4.83. The minimum absolute atomic E-state index is 0.300. The second-order valence-corrected chi connectivity index (χ2v) is 9.68. The molecule has 1 aliphatic carbocycles. The predicted molar refractivity (Wildman–Crippen MR) is 149 cm³/mol. The highest BCUT2D eigenvalue weighted by molar-refractivity contribution is 6.02. The van der Waals surface area contributed by atoms with E-state index in [9.17, 15) is 5.26 Å². The molecular formula is C29H27N9. The molecule has 0 spiro atoms. The molecule has 3 N–H and O–H groups in total. The third kappa shape index (κ3) is 4.58. The van der Waals surface area contributed by atoms with Crippen LogP contribution in [0.3, 0.4) is 0 Å². The van der Waals surface area contributed by atoms with Gasteiger partial charge in [0.05, 0.1) is 28.4 Å². The maximum Gasteiger partial charge on any atom is 0.162 e. The first-order valence-corrected chi connectivity index (χ1v) is 12.7. The van der Waals surface area contributed by atoms with E-state index in [1.165, 1.54) is 0 Å². The van der Waals surface area contributed by atoms with Gasteiger partial charge < -0.3 is 16.0 Å². The molecule has 0 amide bonds. The molecule has 2 atom stereocenters. The number of aryl methyl sites for hydroxylation is 1. The largest absolute Gasteiger partial charge is 0.366 e. The smallest absolute Gasteiger partial charge is 0.162 e. The van der Waals surface area contributed by atoms with E-state index in [1.807, 2.05) is 31.3 Å². The Hall–Kier alpha value is -4.68. The minimum atomic E-state index is 0.300. The van der Waals surface area contributed by atoms with E-state index in [0.29, 0.717) is 40.7 Å². The van der Waals surface area contributed by atoms with Crippen molar-refractivity contribution in [3.8, 4) is 17.5 Å². The van der Waals surface area contributed by atoms with Crippen LogP contribution in [0.5, 0.6) is 0 Å². The number of nitrogens with zero attached hydrogens (tertiary/aromatic N) is 6. The molecule has 0 radical (unpaired) electrons. The van der Waals surface area contributed by atoms with Crippen molar-refractivity contribution >= 4 is 33.9 Å². The summed E-state index contributed by atoms with van der Waals surface area (Å²) in [5.74, 6) is 3.10. The van der Waals surface area contributed by atoms with E-state index in [0.717, 1.165) is 52.9 Å². The van der Waals surface area contributed by atoms with Crippen LogP contribution in [0.15, 0.2) is 61.1 Å². The van der Waals surface area contributed by atoms with Crippen LogP contribution in [0.2, 0.25) is 0 Å². The van der Waals surface area contributed by atoms with Gasteiger partial charge in [-0.25, -0.2) is 19.9 Å². The molecule has 1 saturated heterocycles. The fraction of sp³-hybridized carbons (Fsp3) is 0.241. The summed E-state index contributed by atoms with van der Waals surface area (Å²) in [5.41, 5.74) is 4.97. The van der Waals surface area contributed by atoms with Crippen molar-refractivity contribution in [2.45, 2.75) is 26.3 Å². The molecule has 9 nitrogen and oxygen atoms in total. The van der Waals surface area contributed by atoms with Crippen LogP contribution in [-0.4, -0.2) is 44.1 Å². The fourth-order valence-corrected chi connectivity index (χ4v) is 4.83. The van der Waals surface area contributed by atoms with E-state index in [2.05, 4.69) is 56.0 Å². The lowest BCUT2D eigenvalue weighted by atomic mass is 9.94. The second kappa shape index (κ2) is 10.00. The van der Waals surface area contributed by atoms with E-state index in [1.54, 1.807) is 24.5 Å². The lowest BCUT2D eigenvalue weighted by Crippen LogP contribution is -2.42. The average Bonchev–Trinajstić information content (AvgIpc) is 2.89. The molecule has 4 aromatic rings. The molecule has 1 fully saturated rings. The Labute approximate surface area is 220 Å². The molecule has 0 saturated carbocycles. The molecule has 2 aliphatic rings. The standard InChI is InChI=1S/C29H27N9/c1-17-14-31-10-9-23(17)35-29-27-22(19-4-3-5-19)15-32-16-24(27)36-28(38-29)20-8-11-33-26(12-20)37-25-7-6-21(13-30)18(2)34-25/h3-8,11-12,15-17,23,31H,9-10,14H2,1-2H3,(H,33,34,37)(H,35,36,38)/t17-,23-/m0/s1. The number of fused-ring (bicyclic) bond motifs is 1. The molecule has 4 aromatic heterocycles. The molecule has 1 aliphatic heterocycles. The number of pyridine rings is 3. The van der Waals surface area contributed by atoms with Crippen molar-refractivity contribution < 1.29 is 0 Å². The maximum atomic E-state index is 9.19. The van der Waals surface area contributed by atoms with Gasteiger partial charge in [0.15, 0.2) is 5.82 Å². The number of nitriles is 1. The summed E-state index contributed by atoms with van der Waals surface area (Å²) in [6.45, 7) is 6.01. The quantitative estimate of drug-likeness (QED) is 0.343. The van der Waals surface area contributed by atoms with Crippen LogP contribution in [-0.2, 0) is 0 Å². The normalized spacial score (nSPS) is 18.4. The zero-order chi connectivity index (χ0) is 26.1. The number of allylic oxidation sites excluding steroid dienone is 4. The molecule has 5 heterocycles. The minimum Gasteiger partial charge on any atom is -0.366 e. The van der Waals surface area contributed by atoms with Crippen molar-refractivity contribution in [2.24, 2.45) is 5.92 Å². The second-order valence-electron chi connectivity index (χ2n) is 9.68. The number of hydrogen-bond acceptors (Lipinski definition) is 9. The Morgan fingerprint density at radius 3 is 2.76 bits per heavy atom. The van der Waals surface area contributed by atoms with Crippen LogP contribution in [0, 0.1) is 24.2 Å². The zero-order valence-corrected chi connectivity index (χ0v) is 21.2. The Morgan fingerprint density at radius 1 is 1.11 bits per heavy atom. The summed E-state index contributed by atoms with van der Waals surface area (Å²) in [7, 11) is 0. The van der Waals surface area contributed by atoms with Gasteiger partial charge in [-0.2, -0.15) is 5.26 Å². The van der Waals surface area contributed by atoms with Gasteiger partial charge in [-0.05, 0) is 62.2 Å². The molecule has 9 heteroatoms. The van der Waals surface area contributed by atoms with Crippen LogP contribution >= 0.6 is 0 Å². The van der Waals surface area contributed by atoms with Crippen LogP contribution < -0.4 is 16.0 Å². The monoisotopic (exact) mass is 501 g/mol. The maximum absolute atomic E-state index is 9.19. The predicted octanol–water partition coefficient (Wildman–Crippen LogP) is 4.77. The zero-order valence-electron chi connectivity index (χ0n) is 21.2. The van der Waals surface area contributed by atoms with Crippen molar-refractivity contribution in [3.63, 3.8) is 0 Å². The molecule has 0 bridgehead atoms. The Balaban J connectivity index is 1.40. The lowest BCUT2D eigenvalue weighted by Gasteiger charge is -2.31. The summed E-state index contributed by atoms with van der Waals surface area (Å²) in [5, 5.41) is 20.6. The first-order chi connectivity index (χ1) is 18.6. The van der Waals surface area contributed by atoms with Gasteiger partial charge in [0.25, 0.3) is 0 Å². The Bertz CT molecular complexity index is 1630. The average molecular weight is 502 g/mol. The molecule has 0 unspecified atom stereocenters. The lowest BCUT2D eigenvalue weighted by molar-refractivity contribution is 0.368. The van der Waals surface area contributed by atoms with Gasteiger partial charge in [0.2, 0.25) is 0 Å². The van der Waals surface area contributed by atoms with E-state index >= 15 is 0 Å². The van der Waals surface area contributed by atoms with Gasteiger partial charge >= 0.3 is 0 Å². The van der Waals surface area contributed by atoms with Crippen LogP contribution in [0.25, 0.3) is 27.9 Å². The highest BCUT2D eigenvalue weighted by Crippen LogP contribution is 2.34. The van der Waals surface area contributed by atoms with Gasteiger partial charge in [-0.3, -0.25) is 4.98 Å². The first-order valence-electron chi connectivity index (χ1n) is 12.7. The van der Waals surface area contributed by atoms with Gasteiger partial charge in [-0.1, -0.05) is 25.2 Å². The topological polar surface area (TPSA) is 124 Å². The Morgan fingerprint density at radius 2 is 2.00 bits per heavy atom. The summed E-state index contributed by atoms with van der Waals surface area (Å²) in [4.78, 5) is 23.4. The Kier molecular flexibility index (Phi) is 6.23. The van der Waals surface area contributed by atoms with Crippen molar-refractivity contribution in [1.29, 1.82) is 5.26 Å². The third-order valence-electron chi connectivity index (χ3n) is 7.06. The number of nitrogens with one attached hydrogen (secondary N) is 3. The number of aromatic nitrogens is 5. The molecular weight excluding hydrogens is 474 g/mol. The summed E-state index contributed by atoms with van der Waals surface area (Å²) in [6.07, 6.45) is 12.6. The van der Waals surface area contributed by atoms with E-state index < -0.39 is 0 Å². The van der Waals surface area contributed by atoms with Crippen molar-refractivity contribution in [2.75, 3.05) is 23.7 Å². The summed E-state index contributed by atoms with van der Waals surface area (Å²) in [6, 6.07) is 9.76. The first kappa shape index (κ1) is 23.7. The number of rotatable bonds is 6. The summed E-state index contributed by atoms with van der Waals surface area (Å²) >= 11 is 0. The number of anilines is 3. The van der Waals surface area contributed by atoms with Crippen molar-refractivity contribution in [1.82, 2.24) is 30.2 Å². The highest BCUT2D eigenvalue weighted by atomic mass is 15.1. The molecule has 6 rings (SSSR count).